The second kappa shape index (κ2) is 7.42. The third-order valence-electron chi connectivity index (χ3n) is 4.68. The zero-order valence-corrected chi connectivity index (χ0v) is 14.3. The summed E-state index contributed by atoms with van der Waals surface area (Å²) in [7, 11) is 0. The van der Waals surface area contributed by atoms with Crippen molar-refractivity contribution >= 4 is 5.91 Å². The van der Waals surface area contributed by atoms with E-state index in [1.165, 1.54) is 16.6 Å². The Balaban J connectivity index is 1.45. The van der Waals surface area contributed by atoms with Crippen LogP contribution in [0.15, 0.2) is 43.2 Å². The predicted octanol–water partition coefficient (Wildman–Crippen LogP) is 0.719. The number of hydrogen-bond acceptors (Lipinski definition) is 6. The number of imidazole rings is 1. The molecule has 1 fully saturated rings. The first-order valence-corrected chi connectivity index (χ1v) is 8.68. The van der Waals surface area contributed by atoms with Gasteiger partial charge in [0.15, 0.2) is 0 Å². The number of pyridine rings is 1. The maximum absolute atomic E-state index is 12.5. The van der Waals surface area contributed by atoms with Crippen molar-refractivity contribution in [2.75, 3.05) is 13.1 Å². The van der Waals surface area contributed by atoms with E-state index in [2.05, 4.69) is 30.1 Å². The monoisotopic (exact) mass is 352 g/mol. The molecule has 3 aromatic rings. The summed E-state index contributed by atoms with van der Waals surface area (Å²) in [6, 6.07) is 4.01. The minimum absolute atomic E-state index is 0.0363. The van der Waals surface area contributed by atoms with E-state index in [-0.39, 0.29) is 18.4 Å². The highest BCUT2D eigenvalue weighted by molar-refractivity contribution is 5.76. The van der Waals surface area contributed by atoms with Gasteiger partial charge in [-0.15, -0.1) is 5.10 Å². The molecule has 4 rings (SSSR count). The third-order valence-corrected chi connectivity index (χ3v) is 4.68. The molecule has 0 aliphatic carbocycles. The molecule has 0 aromatic carbocycles. The second-order valence-electron chi connectivity index (χ2n) is 6.46. The molecule has 9 nitrogen and oxygen atoms in total. The van der Waals surface area contributed by atoms with Crippen LogP contribution in [0.3, 0.4) is 0 Å². The fourth-order valence-electron chi connectivity index (χ4n) is 3.40. The van der Waals surface area contributed by atoms with Crippen molar-refractivity contribution in [3.8, 4) is 0 Å². The van der Waals surface area contributed by atoms with E-state index in [9.17, 15) is 4.79 Å². The van der Waals surface area contributed by atoms with Crippen molar-refractivity contribution in [3.63, 3.8) is 0 Å². The highest BCUT2D eigenvalue weighted by Gasteiger charge is 2.27. The lowest BCUT2D eigenvalue weighted by molar-refractivity contribution is -0.133. The Morgan fingerprint density at radius 2 is 2.12 bits per heavy atom. The first-order valence-electron chi connectivity index (χ1n) is 8.68. The highest BCUT2D eigenvalue weighted by atomic mass is 16.2. The maximum Gasteiger partial charge on any atom is 0.244 e. The minimum atomic E-state index is 0.0363. The molecule has 134 valence electrons. The van der Waals surface area contributed by atoms with E-state index < -0.39 is 0 Å². The van der Waals surface area contributed by atoms with Crippen LogP contribution in [0.1, 0.15) is 30.1 Å². The van der Waals surface area contributed by atoms with Crippen molar-refractivity contribution in [1.29, 1.82) is 0 Å². The van der Waals surface area contributed by atoms with E-state index in [4.69, 9.17) is 0 Å². The van der Waals surface area contributed by atoms with Gasteiger partial charge in [0.2, 0.25) is 5.91 Å². The van der Waals surface area contributed by atoms with Crippen LogP contribution in [0.2, 0.25) is 0 Å². The van der Waals surface area contributed by atoms with Gasteiger partial charge in [0.25, 0.3) is 0 Å². The summed E-state index contributed by atoms with van der Waals surface area (Å²) < 4.78 is 3.62. The average Bonchev–Trinajstić information content (AvgIpc) is 3.35. The Labute approximate surface area is 150 Å². The van der Waals surface area contributed by atoms with Crippen molar-refractivity contribution in [2.24, 2.45) is 0 Å². The summed E-state index contributed by atoms with van der Waals surface area (Å²) in [6.45, 7) is 2.37. The zero-order valence-electron chi connectivity index (χ0n) is 14.3. The fourth-order valence-corrected chi connectivity index (χ4v) is 3.40. The van der Waals surface area contributed by atoms with Gasteiger partial charge in [0, 0.05) is 50.3 Å². The number of amides is 1. The molecule has 26 heavy (non-hydrogen) atoms. The molecule has 0 spiro atoms. The lowest BCUT2D eigenvalue weighted by atomic mass is 9.97. The summed E-state index contributed by atoms with van der Waals surface area (Å²) >= 11 is 0. The van der Waals surface area contributed by atoms with Crippen molar-refractivity contribution in [3.05, 3.63) is 54.6 Å². The summed E-state index contributed by atoms with van der Waals surface area (Å²) in [5, 5.41) is 10.9. The molecule has 1 aliphatic heterocycles. The van der Waals surface area contributed by atoms with Gasteiger partial charge in [0.05, 0.1) is 0 Å². The number of nitrogens with zero attached hydrogens (tertiary/aromatic N) is 8. The van der Waals surface area contributed by atoms with Gasteiger partial charge in [-0.05, 0) is 41.0 Å². The SMILES string of the molecule is O=C(Cn1cnnn1)N1CCC[C@H](c2nccn2Cc2ccncc2)C1. The van der Waals surface area contributed by atoms with Crippen LogP contribution in [0.4, 0.5) is 0 Å². The standard InChI is InChI=1S/C17H20N8O/c26-16(12-25-13-20-21-22-25)23-8-1-2-15(11-23)17-19-7-9-24(17)10-14-3-5-18-6-4-14/h3-7,9,13,15H,1-2,8,10-12H2/t15-/m0/s1. The van der Waals surface area contributed by atoms with E-state index in [0.717, 1.165) is 31.8 Å². The number of aromatic nitrogens is 7. The normalized spacial score (nSPS) is 17.4. The third kappa shape index (κ3) is 3.61. The van der Waals surface area contributed by atoms with Crippen LogP contribution in [0.25, 0.3) is 0 Å². The molecule has 3 aromatic heterocycles. The van der Waals surface area contributed by atoms with Crippen molar-refractivity contribution in [1.82, 2.24) is 39.6 Å². The number of tetrazole rings is 1. The molecule has 0 N–H and O–H groups in total. The first-order chi connectivity index (χ1) is 12.8. The van der Waals surface area contributed by atoms with Gasteiger partial charge in [-0.1, -0.05) is 0 Å². The zero-order chi connectivity index (χ0) is 17.8. The van der Waals surface area contributed by atoms with Crippen LogP contribution in [0.5, 0.6) is 0 Å². The molecule has 0 saturated carbocycles. The van der Waals surface area contributed by atoms with Crippen molar-refractivity contribution in [2.45, 2.75) is 31.8 Å². The number of carbonyl (C=O) groups is 1. The lowest BCUT2D eigenvalue weighted by Gasteiger charge is -2.32. The largest absolute Gasteiger partial charge is 0.340 e. The number of likely N-dealkylation sites (tertiary alicyclic amines) is 1. The number of piperidine rings is 1. The van der Waals surface area contributed by atoms with Crippen LogP contribution in [-0.2, 0) is 17.9 Å². The van der Waals surface area contributed by atoms with E-state index in [1.807, 2.05) is 29.4 Å². The first kappa shape index (κ1) is 16.4. The lowest BCUT2D eigenvalue weighted by Crippen LogP contribution is -2.41. The van der Waals surface area contributed by atoms with Crippen molar-refractivity contribution < 1.29 is 4.79 Å². The Kier molecular flexibility index (Phi) is 4.67. The number of carbonyl (C=O) groups excluding carboxylic acids is 1. The predicted molar refractivity (Wildman–Crippen MR) is 91.9 cm³/mol. The maximum atomic E-state index is 12.5. The van der Waals surface area contributed by atoms with Crippen LogP contribution >= 0.6 is 0 Å². The van der Waals surface area contributed by atoms with Crippen LogP contribution in [0, 0.1) is 0 Å². The van der Waals surface area contributed by atoms with Gasteiger partial charge in [-0.2, -0.15) is 0 Å². The quantitative estimate of drug-likeness (QED) is 0.671. The smallest absolute Gasteiger partial charge is 0.244 e. The number of rotatable bonds is 5. The van der Waals surface area contributed by atoms with E-state index >= 15 is 0 Å². The molecule has 0 bridgehead atoms. The summed E-state index contributed by atoms with van der Waals surface area (Å²) in [5.74, 6) is 1.30. The van der Waals surface area contributed by atoms with Gasteiger partial charge in [-0.3, -0.25) is 9.78 Å². The fraction of sp³-hybridized carbons (Fsp3) is 0.412. The van der Waals surface area contributed by atoms with E-state index in [0.29, 0.717) is 6.54 Å². The van der Waals surface area contributed by atoms with E-state index in [1.54, 1.807) is 12.4 Å². The van der Waals surface area contributed by atoms with Crippen LogP contribution < -0.4 is 0 Å². The van der Waals surface area contributed by atoms with Gasteiger partial charge in [0.1, 0.15) is 18.7 Å². The molecule has 0 unspecified atom stereocenters. The highest BCUT2D eigenvalue weighted by Crippen LogP contribution is 2.26. The molecule has 1 aliphatic rings. The molecule has 9 heteroatoms. The molecule has 1 atom stereocenters. The minimum Gasteiger partial charge on any atom is -0.340 e. The Morgan fingerprint density at radius 1 is 1.23 bits per heavy atom. The Hall–Kier alpha value is -3.10. The number of hydrogen-bond donors (Lipinski definition) is 0. The Morgan fingerprint density at radius 3 is 2.92 bits per heavy atom. The molecular formula is C17H20N8O. The Bertz CT molecular complexity index is 845. The molecule has 1 amide bonds. The van der Waals surface area contributed by atoms with Gasteiger partial charge in [-0.25, -0.2) is 9.67 Å². The van der Waals surface area contributed by atoms with Crippen LogP contribution in [-0.4, -0.2) is 58.6 Å². The molecular weight excluding hydrogens is 332 g/mol. The molecule has 1 saturated heterocycles. The van der Waals surface area contributed by atoms with Gasteiger partial charge < -0.3 is 9.47 Å². The summed E-state index contributed by atoms with van der Waals surface area (Å²) in [6.07, 6.45) is 10.9. The average molecular weight is 352 g/mol. The topological polar surface area (TPSA) is 94.6 Å². The second-order valence-corrected chi connectivity index (χ2v) is 6.46. The van der Waals surface area contributed by atoms with Gasteiger partial charge >= 0.3 is 0 Å². The molecule has 0 radical (unpaired) electrons. The summed E-state index contributed by atoms with van der Waals surface area (Å²) in [5.41, 5.74) is 1.18. The molecule has 4 heterocycles. The summed E-state index contributed by atoms with van der Waals surface area (Å²) in [4.78, 5) is 23.1.